The topological polar surface area (TPSA) is 51.2 Å². The fourth-order valence-electron chi connectivity index (χ4n) is 2.38. The predicted molar refractivity (Wildman–Crippen MR) is 83.4 cm³/mol. The van der Waals surface area contributed by atoms with Gasteiger partial charge in [-0.05, 0) is 25.0 Å². The van der Waals surface area contributed by atoms with Gasteiger partial charge in [-0.25, -0.2) is 0 Å². The van der Waals surface area contributed by atoms with Gasteiger partial charge in [0.1, 0.15) is 4.99 Å². The van der Waals surface area contributed by atoms with Crippen molar-refractivity contribution in [3.05, 3.63) is 36.0 Å². The number of benzene rings is 1. The number of hydrogen-bond donors (Lipinski definition) is 2. The first-order valence-corrected chi connectivity index (χ1v) is 7.13. The van der Waals surface area contributed by atoms with E-state index >= 15 is 0 Å². The molecule has 3 N–H and O–H groups in total. The van der Waals surface area contributed by atoms with Gasteiger partial charge in [0.15, 0.2) is 0 Å². The monoisotopic (exact) mass is 276 g/mol. The number of hydrogen-bond acceptors (Lipinski definition) is 2. The van der Waals surface area contributed by atoms with Gasteiger partial charge in [0.25, 0.3) is 0 Å². The van der Waals surface area contributed by atoms with Crippen LogP contribution in [0.2, 0.25) is 0 Å². The SMILES string of the molecule is NC(=S)c1cccc2c1ccn2CCCCCCO. The summed E-state index contributed by atoms with van der Waals surface area (Å²) in [5, 5.41) is 9.87. The van der Waals surface area contributed by atoms with Crippen molar-refractivity contribution in [1.29, 1.82) is 0 Å². The van der Waals surface area contributed by atoms with Crippen molar-refractivity contribution in [3.63, 3.8) is 0 Å². The van der Waals surface area contributed by atoms with Crippen LogP contribution >= 0.6 is 12.2 Å². The highest BCUT2D eigenvalue weighted by atomic mass is 32.1. The van der Waals surface area contributed by atoms with E-state index in [9.17, 15) is 0 Å². The molecule has 2 aromatic rings. The second-order valence-electron chi connectivity index (χ2n) is 4.75. The van der Waals surface area contributed by atoms with Crippen LogP contribution in [0.1, 0.15) is 31.2 Å². The fraction of sp³-hybridized carbons (Fsp3) is 0.400. The van der Waals surface area contributed by atoms with Crippen molar-refractivity contribution < 1.29 is 5.11 Å². The number of aliphatic hydroxyl groups excluding tert-OH is 1. The van der Waals surface area contributed by atoms with Crippen molar-refractivity contribution in [2.24, 2.45) is 5.73 Å². The maximum atomic E-state index is 8.74. The molecule has 0 saturated heterocycles. The van der Waals surface area contributed by atoms with Crippen molar-refractivity contribution in [3.8, 4) is 0 Å². The van der Waals surface area contributed by atoms with Crippen LogP contribution in [0.4, 0.5) is 0 Å². The van der Waals surface area contributed by atoms with Crippen LogP contribution in [0.15, 0.2) is 30.5 Å². The zero-order valence-corrected chi connectivity index (χ0v) is 11.8. The molecule has 19 heavy (non-hydrogen) atoms. The van der Waals surface area contributed by atoms with Crippen molar-refractivity contribution in [1.82, 2.24) is 4.57 Å². The van der Waals surface area contributed by atoms with Crippen LogP contribution in [0.5, 0.6) is 0 Å². The zero-order valence-electron chi connectivity index (χ0n) is 11.0. The van der Waals surface area contributed by atoms with E-state index < -0.39 is 0 Å². The van der Waals surface area contributed by atoms with Gasteiger partial charge in [0, 0.05) is 35.8 Å². The summed E-state index contributed by atoms with van der Waals surface area (Å²) < 4.78 is 2.25. The third-order valence-electron chi connectivity index (χ3n) is 3.39. The molecule has 1 aromatic carbocycles. The molecular formula is C15H20N2OS. The van der Waals surface area contributed by atoms with E-state index in [0.29, 0.717) is 11.6 Å². The first kappa shape index (κ1) is 14.0. The van der Waals surface area contributed by atoms with E-state index in [1.165, 1.54) is 5.52 Å². The highest BCUT2D eigenvalue weighted by Crippen LogP contribution is 2.21. The van der Waals surface area contributed by atoms with Crippen LogP contribution in [0.25, 0.3) is 10.9 Å². The Morgan fingerprint density at radius 3 is 2.68 bits per heavy atom. The first-order valence-electron chi connectivity index (χ1n) is 6.72. The number of aryl methyl sites for hydroxylation is 1. The maximum absolute atomic E-state index is 8.74. The summed E-state index contributed by atoms with van der Waals surface area (Å²) in [6.45, 7) is 1.29. The molecule has 0 atom stereocenters. The lowest BCUT2D eigenvalue weighted by Gasteiger charge is -2.06. The van der Waals surface area contributed by atoms with E-state index in [0.717, 1.165) is 43.2 Å². The van der Waals surface area contributed by atoms with Crippen LogP contribution < -0.4 is 5.73 Å². The molecule has 0 aliphatic heterocycles. The average molecular weight is 276 g/mol. The highest BCUT2D eigenvalue weighted by Gasteiger charge is 2.06. The largest absolute Gasteiger partial charge is 0.396 e. The molecule has 0 saturated carbocycles. The highest BCUT2D eigenvalue weighted by molar-refractivity contribution is 7.80. The Kier molecular flexibility index (Phi) is 4.93. The Morgan fingerprint density at radius 1 is 1.16 bits per heavy atom. The lowest BCUT2D eigenvalue weighted by molar-refractivity contribution is 0.282. The minimum absolute atomic E-state index is 0.295. The second kappa shape index (κ2) is 6.68. The quantitative estimate of drug-likeness (QED) is 0.604. The summed E-state index contributed by atoms with van der Waals surface area (Å²) in [5.74, 6) is 0. The molecule has 3 nitrogen and oxygen atoms in total. The third kappa shape index (κ3) is 3.33. The smallest absolute Gasteiger partial charge is 0.104 e. The van der Waals surface area contributed by atoms with E-state index in [1.54, 1.807) is 0 Å². The average Bonchev–Trinajstić information content (AvgIpc) is 2.81. The third-order valence-corrected chi connectivity index (χ3v) is 3.61. The minimum atomic E-state index is 0.295. The van der Waals surface area contributed by atoms with Gasteiger partial charge in [-0.15, -0.1) is 0 Å². The Bertz CT molecular complexity index is 562. The molecular weight excluding hydrogens is 256 g/mol. The molecule has 0 amide bonds. The van der Waals surface area contributed by atoms with Gasteiger partial charge in [-0.3, -0.25) is 0 Å². The van der Waals surface area contributed by atoms with Gasteiger partial charge in [0.05, 0.1) is 0 Å². The van der Waals surface area contributed by atoms with Gasteiger partial charge < -0.3 is 15.4 Å². The fourth-order valence-corrected chi connectivity index (χ4v) is 2.56. The van der Waals surface area contributed by atoms with Gasteiger partial charge in [-0.1, -0.05) is 37.2 Å². The molecule has 0 radical (unpaired) electrons. The normalized spacial score (nSPS) is 11.0. The van der Waals surface area contributed by atoms with Gasteiger partial charge >= 0.3 is 0 Å². The van der Waals surface area contributed by atoms with Gasteiger partial charge in [0.2, 0.25) is 0 Å². The summed E-state index contributed by atoms with van der Waals surface area (Å²) in [5.41, 5.74) is 7.88. The first-order chi connectivity index (χ1) is 9.24. The standard InChI is InChI=1S/C15H20N2OS/c16-15(19)13-6-5-7-14-12(13)8-10-17(14)9-3-1-2-4-11-18/h5-8,10,18H,1-4,9,11H2,(H2,16,19). The second-order valence-corrected chi connectivity index (χ2v) is 5.19. The molecule has 2 rings (SSSR count). The predicted octanol–water partition coefficient (Wildman–Crippen LogP) is 2.83. The summed E-state index contributed by atoms with van der Waals surface area (Å²) in [7, 11) is 0. The van der Waals surface area contributed by atoms with Crippen LogP contribution in [-0.2, 0) is 6.54 Å². The lowest BCUT2D eigenvalue weighted by Crippen LogP contribution is -2.09. The number of thiocarbonyl (C=S) groups is 1. The summed E-state index contributed by atoms with van der Waals surface area (Å²) in [6.07, 6.45) is 6.36. The number of nitrogens with two attached hydrogens (primary N) is 1. The van der Waals surface area contributed by atoms with E-state index in [4.69, 9.17) is 23.1 Å². The Morgan fingerprint density at radius 2 is 1.95 bits per heavy atom. The Balaban J connectivity index is 2.08. The molecule has 0 fully saturated rings. The Hall–Kier alpha value is -1.39. The molecule has 0 unspecified atom stereocenters. The Labute approximate surface area is 119 Å². The zero-order chi connectivity index (χ0) is 13.7. The van der Waals surface area contributed by atoms with E-state index in [1.807, 2.05) is 12.1 Å². The van der Waals surface area contributed by atoms with Crippen LogP contribution in [-0.4, -0.2) is 21.3 Å². The molecule has 0 aliphatic rings. The molecule has 1 heterocycles. The van der Waals surface area contributed by atoms with Crippen LogP contribution in [0, 0.1) is 0 Å². The molecule has 102 valence electrons. The maximum Gasteiger partial charge on any atom is 0.104 e. The van der Waals surface area contributed by atoms with E-state index in [2.05, 4.69) is 22.9 Å². The number of fused-ring (bicyclic) bond motifs is 1. The molecule has 0 bridgehead atoms. The summed E-state index contributed by atoms with van der Waals surface area (Å²) in [6, 6.07) is 8.15. The number of nitrogens with zero attached hydrogens (tertiary/aromatic N) is 1. The number of aromatic nitrogens is 1. The van der Waals surface area contributed by atoms with Crippen LogP contribution in [0.3, 0.4) is 0 Å². The van der Waals surface area contributed by atoms with E-state index in [-0.39, 0.29) is 0 Å². The summed E-state index contributed by atoms with van der Waals surface area (Å²) in [4.78, 5) is 0.450. The molecule has 4 heteroatoms. The van der Waals surface area contributed by atoms with Crippen molar-refractivity contribution in [2.75, 3.05) is 6.61 Å². The molecule has 1 aromatic heterocycles. The molecule has 0 spiro atoms. The van der Waals surface area contributed by atoms with Crippen molar-refractivity contribution >= 4 is 28.1 Å². The minimum Gasteiger partial charge on any atom is -0.396 e. The summed E-state index contributed by atoms with van der Waals surface area (Å²) >= 11 is 5.08. The lowest BCUT2D eigenvalue weighted by atomic mass is 10.1. The van der Waals surface area contributed by atoms with Crippen molar-refractivity contribution in [2.45, 2.75) is 32.2 Å². The number of aliphatic hydroxyl groups is 1. The molecule has 0 aliphatic carbocycles. The number of unbranched alkanes of at least 4 members (excludes halogenated alkanes) is 3. The van der Waals surface area contributed by atoms with Gasteiger partial charge in [-0.2, -0.15) is 0 Å². The number of rotatable bonds is 7.